The van der Waals surface area contributed by atoms with E-state index in [4.69, 9.17) is 9.15 Å². The Kier molecular flexibility index (Phi) is 6.56. The van der Waals surface area contributed by atoms with E-state index < -0.39 is 5.91 Å². The number of benzene rings is 2. The van der Waals surface area contributed by atoms with Gasteiger partial charge in [-0.25, -0.2) is 5.43 Å². The van der Waals surface area contributed by atoms with Gasteiger partial charge in [0.25, 0.3) is 0 Å². The van der Waals surface area contributed by atoms with Gasteiger partial charge in [-0.2, -0.15) is 5.10 Å². The Morgan fingerprint density at radius 2 is 1.75 bits per heavy atom. The maximum absolute atomic E-state index is 12.2. The Hall–Kier alpha value is -3.58. The Morgan fingerprint density at radius 1 is 1.03 bits per heavy atom. The molecule has 0 fully saturated rings. The summed E-state index contributed by atoms with van der Waals surface area (Å²) in [5.74, 6) is 1.01. The van der Waals surface area contributed by atoms with Gasteiger partial charge in [-0.3, -0.25) is 4.79 Å². The van der Waals surface area contributed by atoms with Crippen LogP contribution in [0.3, 0.4) is 0 Å². The quantitative estimate of drug-likeness (QED) is 0.262. The number of nitrogens with one attached hydrogen (secondary N) is 1. The Bertz CT molecular complexity index is 1240. The number of amides is 1. The highest BCUT2D eigenvalue weighted by Gasteiger charge is 2.11. The third kappa shape index (κ3) is 5.00. The van der Waals surface area contributed by atoms with Crippen LogP contribution in [0.15, 0.2) is 86.8 Å². The number of rotatable bonds is 7. The van der Waals surface area contributed by atoms with E-state index >= 15 is 0 Å². The summed E-state index contributed by atoms with van der Waals surface area (Å²) in [6.45, 7) is 4.37. The molecule has 6 nitrogen and oxygen atoms in total. The molecule has 0 aliphatic rings. The number of hydrogen-bond acceptors (Lipinski definition) is 4. The van der Waals surface area contributed by atoms with Crippen LogP contribution in [0, 0.1) is 13.8 Å². The van der Waals surface area contributed by atoms with E-state index in [0.717, 1.165) is 21.5 Å². The summed E-state index contributed by atoms with van der Waals surface area (Å²) in [7, 11) is 0. The zero-order valence-corrected chi connectivity index (χ0v) is 19.3. The largest absolute Gasteiger partial charge is 0.486 e. The first kappa shape index (κ1) is 21.6. The van der Waals surface area contributed by atoms with Gasteiger partial charge in [0.2, 0.25) is 0 Å². The summed E-state index contributed by atoms with van der Waals surface area (Å²) in [6, 6.07) is 22.9. The predicted molar refractivity (Wildman–Crippen MR) is 127 cm³/mol. The molecule has 7 heteroatoms. The van der Waals surface area contributed by atoms with E-state index in [1.165, 1.54) is 11.4 Å². The normalized spacial score (nSPS) is 11.1. The number of aromatic nitrogens is 1. The second kappa shape index (κ2) is 9.70. The average molecular weight is 492 g/mol. The summed E-state index contributed by atoms with van der Waals surface area (Å²) in [5, 5.41) is 3.98. The van der Waals surface area contributed by atoms with Crippen molar-refractivity contribution >= 4 is 28.1 Å². The molecule has 0 unspecified atom stereocenters. The molecule has 4 rings (SSSR count). The van der Waals surface area contributed by atoms with Gasteiger partial charge >= 0.3 is 5.91 Å². The van der Waals surface area contributed by atoms with Crippen molar-refractivity contribution in [2.24, 2.45) is 5.10 Å². The van der Waals surface area contributed by atoms with Gasteiger partial charge in [0.05, 0.1) is 6.21 Å². The number of hydrogen-bond donors (Lipinski definition) is 1. The molecule has 0 atom stereocenters. The molecule has 2 aromatic heterocycles. The van der Waals surface area contributed by atoms with Crippen molar-refractivity contribution in [2.75, 3.05) is 0 Å². The molecule has 4 aromatic rings. The standard InChI is InChI=1S/C25H22BrN3O3/c1-17-7-8-18(2)29(17)20-9-11-21(12-10-20)31-16-22-13-14-24(32-22)25(30)28-27-15-19-5-3-4-6-23(19)26/h3-15H,16H2,1-2H3,(H,28,30). The Labute approximate surface area is 194 Å². The fraction of sp³-hybridized carbons (Fsp3) is 0.120. The van der Waals surface area contributed by atoms with Gasteiger partial charge in [0.15, 0.2) is 5.76 Å². The molecule has 0 saturated carbocycles. The van der Waals surface area contributed by atoms with Crippen molar-refractivity contribution < 1.29 is 13.9 Å². The number of aryl methyl sites for hydroxylation is 2. The summed E-state index contributed by atoms with van der Waals surface area (Å²) >= 11 is 3.43. The lowest BCUT2D eigenvalue weighted by Crippen LogP contribution is -2.16. The minimum absolute atomic E-state index is 0.168. The molecule has 2 aromatic carbocycles. The molecule has 2 heterocycles. The van der Waals surface area contributed by atoms with Crippen molar-refractivity contribution in [1.82, 2.24) is 9.99 Å². The van der Waals surface area contributed by atoms with Crippen LogP contribution >= 0.6 is 15.9 Å². The molecule has 1 amide bonds. The van der Waals surface area contributed by atoms with Gasteiger partial charge in [0, 0.05) is 27.1 Å². The second-order valence-electron chi connectivity index (χ2n) is 7.22. The lowest BCUT2D eigenvalue weighted by Gasteiger charge is -2.10. The highest BCUT2D eigenvalue weighted by atomic mass is 79.9. The molecule has 0 spiro atoms. The van der Waals surface area contributed by atoms with Crippen molar-refractivity contribution in [3.63, 3.8) is 0 Å². The molecule has 0 radical (unpaired) electrons. The molecule has 0 saturated heterocycles. The van der Waals surface area contributed by atoms with E-state index in [-0.39, 0.29) is 12.4 Å². The molecule has 32 heavy (non-hydrogen) atoms. The summed E-state index contributed by atoms with van der Waals surface area (Å²) in [6.07, 6.45) is 1.56. The van der Waals surface area contributed by atoms with E-state index in [9.17, 15) is 4.79 Å². The fourth-order valence-corrected chi connectivity index (χ4v) is 3.68. The van der Waals surface area contributed by atoms with Gasteiger partial charge in [-0.05, 0) is 68.4 Å². The Balaban J connectivity index is 1.32. The highest BCUT2D eigenvalue weighted by molar-refractivity contribution is 9.10. The first-order valence-corrected chi connectivity index (χ1v) is 10.9. The molecular weight excluding hydrogens is 470 g/mol. The predicted octanol–water partition coefficient (Wildman–Crippen LogP) is 5.79. The SMILES string of the molecule is Cc1ccc(C)n1-c1ccc(OCc2ccc(C(=O)NN=Cc3ccccc3Br)o2)cc1. The molecule has 162 valence electrons. The number of carbonyl (C=O) groups is 1. The fourth-order valence-electron chi connectivity index (χ4n) is 3.29. The van der Waals surface area contributed by atoms with Crippen LogP contribution in [0.2, 0.25) is 0 Å². The highest BCUT2D eigenvalue weighted by Crippen LogP contribution is 2.21. The van der Waals surface area contributed by atoms with E-state index in [0.29, 0.717) is 5.76 Å². The van der Waals surface area contributed by atoms with Crippen LogP contribution < -0.4 is 10.2 Å². The van der Waals surface area contributed by atoms with E-state index in [1.807, 2.05) is 48.5 Å². The monoisotopic (exact) mass is 491 g/mol. The van der Waals surface area contributed by atoms with Crippen molar-refractivity contribution in [3.8, 4) is 11.4 Å². The minimum Gasteiger partial charge on any atom is -0.486 e. The molecule has 0 aliphatic carbocycles. The van der Waals surface area contributed by atoms with Crippen LogP contribution in [0.1, 0.15) is 33.3 Å². The number of nitrogens with zero attached hydrogens (tertiary/aromatic N) is 2. The number of carbonyl (C=O) groups excluding carboxylic acids is 1. The number of halogens is 1. The second-order valence-corrected chi connectivity index (χ2v) is 8.08. The molecular formula is C25H22BrN3O3. The zero-order chi connectivity index (χ0) is 22.5. The van der Waals surface area contributed by atoms with Gasteiger partial charge in [-0.1, -0.05) is 34.1 Å². The lowest BCUT2D eigenvalue weighted by atomic mass is 10.2. The van der Waals surface area contributed by atoms with Crippen molar-refractivity contribution in [2.45, 2.75) is 20.5 Å². The maximum Gasteiger partial charge on any atom is 0.307 e. The molecule has 0 aliphatic heterocycles. The van der Waals surface area contributed by atoms with Crippen LogP contribution in [0.25, 0.3) is 5.69 Å². The molecule has 1 N–H and O–H groups in total. The van der Waals surface area contributed by atoms with Gasteiger partial charge in [0.1, 0.15) is 18.1 Å². The van der Waals surface area contributed by atoms with Crippen molar-refractivity contribution in [1.29, 1.82) is 0 Å². The van der Waals surface area contributed by atoms with Crippen molar-refractivity contribution in [3.05, 3.63) is 106 Å². The third-order valence-corrected chi connectivity index (χ3v) is 5.63. The molecule has 0 bridgehead atoms. The number of hydrazone groups is 1. The topological polar surface area (TPSA) is 68.8 Å². The number of ether oxygens (including phenoxy) is 1. The van der Waals surface area contributed by atoms with Crippen LogP contribution in [-0.2, 0) is 6.61 Å². The zero-order valence-electron chi connectivity index (χ0n) is 17.7. The lowest BCUT2D eigenvalue weighted by molar-refractivity contribution is 0.0923. The minimum atomic E-state index is -0.429. The first-order valence-electron chi connectivity index (χ1n) is 10.1. The van der Waals surface area contributed by atoms with Gasteiger partial charge in [-0.15, -0.1) is 0 Å². The summed E-state index contributed by atoms with van der Waals surface area (Å²) < 4.78 is 14.5. The first-order chi connectivity index (χ1) is 15.5. The van der Waals surface area contributed by atoms with E-state index in [1.54, 1.807) is 18.3 Å². The van der Waals surface area contributed by atoms with Crippen LogP contribution in [-0.4, -0.2) is 16.7 Å². The van der Waals surface area contributed by atoms with Crippen LogP contribution in [0.4, 0.5) is 0 Å². The smallest absolute Gasteiger partial charge is 0.307 e. The summed E-state index contributed by atoms with van der Waals surface area (Å²) in [4.78, 5) is 12.2. The van der Waals surface area contributed by atoms with Crippen LogP contribution in [0.5, 0.6) is 5.75 Å². The maximum atomic E-state index is 12.2. The Morgan fingerprint density at radius 3 is 2.47 bits per heavy atom. The number of furan rings is 1. The average Bonchev–Trinajstić information content (AvgIpc) is 3.40. The van der Waals surface area contributed by atoms with E-state index in [2.05, 4.69) is 57.0 Å². The van der Waals surface area contributed by atoms with Gasteiger partial charge < -0.3 is 13.7 Å². The third-order valence-electron chi connectivity index (χ3n) is 4.91. The summed E-state index contributed by atoms with van der Waals surface area (Å²) in [5.41, 5.74) is 6.76.